The number of urea groups is 1. The van der Waals surface area contributed by atoms with Gasteiger partial charge in [-0.2, -0.15) is 0 Å². The molecule has 1 fully saturated rings. The van der Waals surface area contributed by atoms with Gasteiger partial charge in [0.05, 0.1) is 12.2 Å². The smallest absolute Gasteiger partial charge is 0.408 e. The average molecular weight is 339 g/mol. The zero-order chi connectivity index (χ0) is 16.6. The summed E-state index contributed by atoms with van der Waals surface area (Å²) in [6.45, 7) is 3.16. The number of halogens is 1. The third-order valence-corrected chi connectivity index (χ3v) is 4.23. The Labute approximate surface area is 138 Å². The van der Waals surface area contributed by atoms with Gasteiger partial charge in [-0.3, -0.25) is 9.47 Å². The van der Waals surface area contributed by atoms with E-state index in [9.17, 15) is 9.59 Å². The minimum Gasteiger partial charge on any atom is -0.408 e. The van der Waals surface area contributed by atoms with Crippen molar-refractivity contribution in [2.75, 3.05) is 40.3 Å². The molecule has 2 heterocycles. The second kappa shape index (κ2) is 6.25. The molecule has 0 atom stereocenters. The third kappa shape index (κ3) is 3.20. The lowest BCUT2D eigenvalue weighted by Gasteiger charge is -2.35. The molecule has 0 saturated carbocycles. The van der Waals surface area contributed by atoms with Gasteiger partial charge in [0, 0.05) is 51.4 Å². The van der Waals surface area contributed by atoms with Crippen LogP contribution in [0.3, 0.4) is 0 Å². The molecule has 1 aliphatic rings. The van der Waals surface area contributed by atoms with Crippen LogP contribution >= 0.6 is 11.6 Å². The fourth-order valence-electron chi connectivity index (χ4n) is 2.74. The number of hydrogen-bond donors (Lipinski definition) is 0. The second-order valence-corrected chi connectivity index (χ2v) is 6.27. The van der Waals surface area contributed by atoms with E-state index in [-0.39, 0.29) is 6.03 Å². The van der Waals surface area contributed by atoms with E-state index >= 15 is 0 Å². The van der Waals surface area contributed by atoms with Crippen LogP contribution < -0.4 is 5.76 Å². The zero-order valence-corrected chi connectivity index (χ0v) is 13.9. The molecule has 0 bridgehead atoms. The Balaban J connectivity index is 1.71. The number of carbonyl (C=O) groups is 1. The highest BCUT2D eigenvalue weighted by atomic mass is 35.5. The fraction of sp³-hybridized carbons (Fsp3) is 0.467. The summed E-state index contributed by atoms with van der Waals surface area (Å²) in [6, 6.07) is 5.19. The van der Waals surface area contributed by atoms with E-state index in [1.165, 1.54) is 0 Å². The molecule has 8 heteroatoms. The van der Waals surface area contributed by atoms with Crippen LogP contribution in [0.25, 0.3) is 11.1 Å². The molecular weight excluding hydrogens is 320 g/mol. The lowest BCUT2D eigenvalue weighted by Crippen LogP contribution is -2.51. The highest BCUT2D eigenvalue weighted by Crippen LogP contribution is 2.19. The number of hydrogen-bond acceptors (Lipinski definition) is 4. The highest BCUT2D eigenvalue weighted by molar-refractivity contribution is 6.31. The van der Waals surface area contributed by atoms with Crippen molar-refractivity contribution in [1.29, 1.82) is 0 Å². The molecule has 7 nitrogen and oxygen atoms in total. The first kappa shape index (κ1) is 15.9. The summed E-state index contributed by atoms with van der Waals surface area (Å²) in [5.74, 6) is -0.394. The van der Waals surface area contributed by atoms with Crippen molar-refractivity contribution in [3.05, 3.63) is 33.8 Å². The van der Waals surface area contributed by atoms with Gasteiger partial charge < -0.3 is 14.2 Å². The summed E-state index contributed by atoms with van der Waals surface area (Å²) in [5, 5.41) is 0.536. The van der Waals surface area contributed by atoms with Crippen LogP contribution in [0.2, 0.25) is 5.02 Å². The standard InChI is InChI=1S/C15H19ClN4O3/c1-17(2)14(21)19-7-5-18(6-8-19)10-20-12-4-3-11(16)9-13(12)23-15(20)22/h3-4,9H,5-8,10H2,1-2H3. The number of benzene rings is 1. The Morgan fingerprint density at radius 3 is 2.61 bits per heavy atom. The predicted molar refractivity (Wildman–Crippen MR) is 87.7 cm³/mol. The molecule has 2 aromatic rings. The van der Waals surface area contributed by atoms with Crippen molar-refractivity contribution in [2.24, 2.45) is 0 Å². The van der Waals surface area contributed by atoms with E-state index in [0.717, 1.165) is 5.52 Å². The first-order valence-electron chi connectivity index (χ1n) is 7.43. The molecule has 0 unspecified atom stereocenters. The molecule has 0 radical (unpaired) electrons. The Morgan fingerprint density at radius 1 is 1.26 bits per heavy atom. The molecule has 0 aliphatic carbocycles. The van der Waals surface area contributed by atoms with Gasteiger partial charge >= 0.3 is 11.8 Å². The van der Waals surface area contributed by atoms with E-state index in [0.29, 0.717) is 43.5 Å². The van der Waals surface area contributed by atoms with E-state index < -0.39 is 5.76 Å². The summed E-state index contributed by atoms with van der Waals surface area (Å²) in [4.78, 5) is 29.5. The van der Waals surface area contributed by atoms with Gasteiger partial charge in [0.2, 0.25) is 0 Å². The maximum atomic E-state index is 12.0. The quantitative estimate of drug-likeness (QED) is 0.832. The molecule has 124 valence electrons. The van der Waals surface area contributed by atoms with Crippen molar-refractivity contribution in [1.82, 2.24) is 19.3 Å². The number of piperazine rings is 1. The lowest BCUT2D eigenvalue weighted by molar-refractivity contribution is 0.105. The number of oxazole rings is 1. The minimum atomic E-state index is -0.394. The van der Waals surface area contributed by atoms with Crippen LogP contribution in [0, 0.1) is 0 Å². The molecule has 1 aromatic heterocycles. The van der Waals surface area contributed by atoms with Gasteiger partial charge in [0.1, 0.15) is 0 Å². The van der Waals surface area contributed by atoms with Gasteiger partial charge in [-0.25, -0.2) is 9.59 Å². The third-order valence-electron chi connectivity index (χ3n) is 4.00. The van der Waals surface area contributed by atoms with Crippen molar-refractivity contribution in [2.45, 2.75) is 6.67 Å². The Kier molecular flexibility index (Phi) is 4.32. The van der Waals surface area contributed by atoms with Crippen molar-refractivity contribution >= 4 is 28.7 Å². The summed E-state index contributed by atoms with van der Waals surface area (Å²) in [6.07, 6.45) is 0. The number of carbonyl (C=O) groups excluding carboxylic acids is 1. The molecule has 23 heavy (non-hydrogen) atoms. The molecule has 0 spiro atoms. The van der Waals surface area contributed by atoms with E-state index in [4.69, 9.17) is 16.0 Å². The van der Waals surface area contributed by atoms with Gasteiger partial charge in [-0.05, 0) is 12.1 Å². The molecule has 0 N–H and O–H groups in total. The largest absolute Gasteiger partial charge is 0.421 e. The first-order valence-corrected chi connectivity index (χ1v) is 7.81. The first-order chi connectivity index (χ1) is 11.0. The minimum absolute atomic E-state index is 0.0187. The molecule has 3 rings (SSSR count). The fourth-order valence-corrected chi connectivity index (χ4v) is 2.90. The Hall–Kier alpha value is -1.99. The molecule has 1 aliphatic heterocycles. The van der Waals surface area contributed by atoms with Gasteiger partial charge in [-0.1, -0.05) is 11.6 Å². The van der Waals surface area contributed by atoms with Crippen LogP contribution in [0.4, 0.5) is 4.79 Å². The van der Waals surface area contributed by atoms with Crippen LogP contribution in [-0.2, 0) is 6.67 Å². The van der Waals surface area contributed by atoms with Crippen LogP contribution in [0.1, 0.15) is 0 Å². The second-order valence-electron chi connectivity index (χ2n) is 5.83. The topological polar surface area (TPSA) is 61.9 Å². The predicted octanol–water partition coefficient (Wildman–Crippen LogP) is 1.50. The van der Waals surface area contributed by atoms with E-state index in [1.807, 2.05) is 4.90 Å². The zero-order valence-electron chi connectivity index (χ0n) is 13.2. The van der Waals surface area contributed by atoms with Crippen molar-refractivity contribution in [3.63, 3.8) is 0 Å². The number of amides is 2. The lowest BCUT2D eigenvalue weighted by atomic mass is 10.3. The van der Waals surface area contributed by atoms with Crippen LogP contribution in [-0.4, -0.2) is 65.6 Å². The highest BCUT2D eigenvalue weighted by Gasteiger charge is 2.23. The van der Waals surface area contributed by atoms with E-state index in [2.05, 4.69) is 4.90 Å². The number of rotatable bonds is 2. The summed E-state index contributed by atoms with van der Waals surface area (Å²) >= 11 is 5.92. The van der Waals surface area contributed by atoms with Gasteiger partial charge in [0.15, 0.2) is 5.58 Å². The Morgan fingerprint density at radius 2 is 1.96 bits per heavy atom. The monoisotopic (exact) mass is 338 g/mol. The SMILES string of the molecule is CN(C)C(=O)N1CCN(Cn2c(=O)oc3cc(Cl)ccc32)CC1. The molecule has 1 saturated heterocycles. The van der Waals surface area contributed by atoms with Gasteiger partial charge in [-0.15, -0.1) is 0 Å². The number of fused-ring (bicyclic) bond motifs is 1. The summed E-state index contributed by atoms with van der Waals surface area (Å²) in [7, 11) is 3.49. The number of nitrogens with zero attached hydrogens (tertiary/aromatic N) is 4. The van der Waals surface area contributed by atoms with Crippen LogP contribution in [0.15, 0.2) is 27.4 Å². The average Bonchev–Trinajstić information content (AvgIpc) is 2.82. The molecular formula is C15H19ClN4O3. The molecule has 2 amide bonds. The van der Waals surface area contributed by atoms with Crippen molar-refractivity contribution in [3.8, 4) is 0 Å². The Bertz CT molecular complexity index is 775. The number of aromatic nitrogens is 1. The summed E-state index contributed by atoms with van der Waals surface area (Å²) < 4.78 is 6.83. The summed E-state index contributed by atoms with van der Waals surface area (Å²) in [5.41, 5.74) is 1.22. The van der Waals surface area contributed by atoms with Crippen LogP contribution in [0.5, 0.6) is 0 Å². The molecule has 1 aromatic carbocycles. The maximum Gasteiger partial charge on any atom is 0.421 e. The maximum absolute atomic E-state index is 12.0. The normalized spacial score (nSPS) is 16.0. The van der Waals surface area contributed by atoms with Crippen molar-refractivity contribution < 1.29 is 9.21 Å². The van der Waals surface area contributed by atoms with E-state index in [1.54, 1.807) is 41.8 Å². The van der Waals surface area contributed by atoms with Gasteiger partial charge in [0.25, 0.3) is 0 Å².